The van der Waals surface area contributed by atoms with E-state index in [9.17, 15) is 0 Å². The second-order valence-corrected chi connectivity index (χ2v) is 4.85. The Bertz CT molecular complexity index is 338. The summed E-state index contributed by atoms with van der Waals surface area (Å²) in [5, 5.41) is 4.38. The maximum atomic E-state index is 5.04. The van der Waals surface area contributed by atoms with Crippen LogP contribution in [-0.2, 0) is 18.3 Å². The number of nitrogens with zero attached hydrogens (tertiary/aromatic N) is 3. The fraction of sp³-hybridized carbons (Fsp3) is 0.727. The minimum absolute atomic E-state index is 0.815. The zero-order valence-electron chi connectivity index (χ0n) is 10.5. The normalized spacial score (nSPS) is 11.4. The first kappa shape index (κ1) is 13.7. The van der Waals surface area contributed by atoms with Crippen LogP contribution in [0.2, 0.25) is 0 Å². The number of aryl methyl sites for hydroxylation is 2. The molecule has 0 spiro atoms. The lowest BCUT2D eigenvalue weighted by atomic mass is 10.3. The third kappa shape index (κ3) is 3.57. The molecule has 0 fully saturated rings. The molecule has 0 aliphatic heterocycles. The quantitative estimate of drug-likeness (QED) is 0.750. The van der Waals surface area contributed by atoms with Gasteiger partial charge in [0.15, 0.2) is 0 Å². The van der Waals surface area contributed by atoms with Gasteiger partial charge in [0, 0.05) is 33.9 Å². The summed E-state index contributed by atoms with van der Waals surface area (Å²) in [6.45, 7) is 4.76. The Balaban J connectivity index is 2.52. The molecule has 1 rings (SSSR count). The van der Waals surface area contributed by atoms with Crippen LogP contribution < -0.4 is 0 Å². The van der Waals surface area contributed by atoms with E-state index in [1.807, 2.05) is 18.7 Å². The number of hydrogen-bond acceptors (Lipinski definition) is 3. The molecule has 0 aliphatic rings. The predicted molar refractivity (Wildman–Crippen MR) is 68.5 cm³/mol. The van der Waals surface area contributed by atoms with E-state index in [1.54, 1.807) is 7.11 Å². The predicted octanol–water partition coefficient (Wildman–Crippen LogP) is 1.96. The van der Waals surface area contributed by atoms with Crippen LogP contribution in [0, 0.1) is 6.92 Å². The Morgan fingerprint density at radius 3 is 2.69 bits per heavy atom. The van der Waals surface area contributed by atoms with E-state index in [0.29, 0.717) is 0 Å². The highest BCUT2D eigenvalue weighted by molar-refractivity contribution is 9.10. The van der Waals surface area contributed by atoms with Gasteiger partial charge in [-0.3, -0.25) is 4.68 Å². The molecule has 0 aliphatic carbocycles. The van der Waals surface area contributed by atoms with Crippen molar-refractivity contribution >= 4 is 15.9 Å². The van der Waals surface area contributed by atoms with E-state index < -0.39 is 0 Å². The Morgan fingerprint density at radius 1 is 1.50 bits per heavy atom. The minimum Gasteiger partial charge on any atom is -0.385 e. The molecule has 16 heavy (non-hydrogen) atoms. The summed E-state index contributed by atoms with van der Waals surface area (Å²) >= 11 is 3.58. The van der Waals surface area contributed by atoms with Crippen molar-refractivity contribution in [2.75, 3.05) is 27.3 Å². The van der Waals surface area contributed by atoms with Gasteiger partial charge in [-0.25, -0.2) is 0 Å². The molecular weight excluding hydrogens is 270 g/mol. The summed E-state index contributed by atoms with van der Waals surface area (Å²) in [7, 11) is 5.83. The van der Waals surface area contributed by atoms with Crippen molar-refractivity contribution in [1.82, 2.24) is 14.7 Å². The van der Waals surface area contributed by atoms with Gasteiger partial charge in [0.05, 0.1) is 15.9 Å². The van der Waals surface area contributed by atoms with Gasteiger partial charge in [-0.15, -0.1) is 0 Å². The largest absolute Gasteiger partial charge is 0.385 e. The summed E-state index contributed by atoms with van der Waals surface area (Å²) in [6, 6.07) is 0. The van der Waals surface area contributed by atoms with Crippen molar-refractivity contribution in [3.63, 3.8) is 0 Å². The molecule has 0 aromatic carbocycles. The topological polar surface area (TPSA) is 30.3 Å². The van der Waals surface area contributed by atoms with E-state index in [-0.39, 0.29) is 0 Å². The molecule has 0 saturated heterocycles. The Kier molecular flexibility index (Phi) is 5.44. The van der Waals surface area contributed by atoms with Crippen LogP contribution in [0.5, 0.6) is 0 Å². The van der Waals surface area contributed by atoms with Crippen LogP contribution in [-0.4, -0.2) is 42.0 Å². The molecule has 1 aromatic rings. The fourth-order valence-electron chi connectivity index (χ4n) is 1.67. The first-order chi connectivity index (χ1) is 7.56. The van der Waals surface area contributed by atoms with Crippen LogP contribution in [0.3, 0.4) is 0 Å². The molecule has 0 N–H and O–H groups in total. The number of halogens is 1. The lowest BCUT2D eigenvalue weighted by molar-refractivity contribution is 0.177. The average Bonchev–Trinajstić information content (AvgIpc) is 2.46. The van der Waals surface area contributed by atoms with Gasteiger partial charge in [0.25, 0.3) is 0 Å². The molecule has 0 saturated carbocycles. The van der Waals surface area contributed by atoms with Crippen molar-refractivity contribution in [3.8, 4) is 0 Å². The van der Waals surface area contributed by atoms with Crippen molar-refractivity contribution < 1.29 is 4.74 Å². The first-order valence-electron chi connectivity index (χ1n) is 5.41. The highest BCUT2D eigenvalue weighted by Gasteiger charge is 2.12. The third-order valence-electron chi connectivity index (χ3n) is 2.57. The summed E-state index contributed by atoms with van der Waals surface area (Å²) in [5.74, 6) is 0. The molecule has 0 amide bonds. The highest BCUT2D eigenvalue weighted by Crippen LogP contribution is 2.21. The van der Waals surface area contributed by atoms with Crippen molar-refractivity contribution in [2.24, 2.45) is 7.05 Å². The minimum atomic E-state index is 0.815. The molecule has 1 aromatic heterocycles. The Labute approximate surface area is 106 Å². The maximum Gasteiger partial charge on any atom is 0.0739 e. The van der Waals surface area contributed by atoms with Crippen LogP contribution in [0.1, 0.15) is 17.8 Å². The van der Waals surface area contributed by atoms with E-state index in [4.69, 9.17) is 4.74 Å². The van der Waals surface area contributed by atoms with Gasteiger partial charge in [-0.2, -0.15) is 5.10 Å². The van der Waals surface area contributed by atoms with E-state index >= 15 is 0 Å². The second-order valence-electron chi connectivity index (χ2n) is 4.05. The van der Waals surface area contributed by atoms with Crippen molar-refractivity contribution in [3.05, 3.63) is 15.9 Å². The highest BCUT2D eigenvalue weighted by atomic mass is 79.9. The van der Waals surface area contributed by atoms with Gasteiger partial charge in [0.1, 0.15) is 0 Å². The molecular formula is C11H20BrN3O. The standard InChI is InChI=1S/C11H20BrN3O/c1-9-11(12)10(15(3)13-9)8-14(2)6-5-7-16-4/h5-8H2,1-4H3. The molecule has 5 heteroatoms. The fourth-order valence-corrected chi connectivity index (χ4v) is 2.13. The zero-order chi connectivity index (χ0) is 12.1. The van der Waals surface area contributed by atoms with E-state index in [0.717, 1.165) is 36.3 Å². The molecule has 0 bridgehead atoms. The van der Waals surface area contributed by atoms with Gasteiger partial charge >= 0.3 is 0 Å². The van der Waals surface area contributed by atoms with E-state index in [2.05, 4.69) is 33.0 Å². The lowest BCUT2D eigenvalue weighted by Crippen LogP contribution is -2.21. The van der Waals surface area contributed by atoms with Gasteiger partial charge in [-0.1, -0.05) is 0 Å². The van der Waals surface area contributed by atoms with Crippen LogP contribution in [0.25, 0.3) is 0 Å². The molecule has 92 valence electrons. The zero-order valence-corrected chi connectivity index (χ0v) is 12.0. The van der Waals surface area contributed by atoms with Gasteiger partial charge in [-0.05, 0) is 36.3 Å². The molecule has 0 unspecified atom stereocenters. The number of methoxy groups -OCH3 is 1. The average molecular weight is 290 g/mol. The summed E-state index contributed by atoms with van der Waals surface area (Å²) in [6.07, 6.45) is 1.06. The van der Waals surface area contributed by atoms with Gasteiger partial charge in [0.2, 0.25) is 0 Å². The SMILES string of the molecule is COCCCN(C)Cc1c(Br)c(C)nn1C. The van der Waals surface area contributed by atoms with Crippen molar-refractivity contribution in [1.29, 1.82) is 0 Å². The van der Waals surface area contributed by atoms with Crippen LogP contribution in [0.15, 0.2) is 4.47 Å². The summed E-state index contributed by atoms with van der Waals surface area (Å²) in [5.41, 5.74) is 2.26. The molecule has 0 atom stereocenters. The lowest BCUT2D eigenvalue weighted by Gasteiger charge is -2.16. The molecule has 1 heterocycles. The number of hydrogen-bond donors (Lipinski definition) is 0. The second kappa shape index (κ2) is 6.37. The monoisotopic (exact) mass is 289 g/mol. The third-order valence-corrected chi connectivity index (χ3v) is 3.60. The Hall–Kier alpha value is -0.390. The molecule has 0 radical (unpaired) electrons. The number of ether oxygens (including phenoxy) is 1. The van der Waals surface area contributed by atoms with Crippen LogP contribution in [0.4, 0.5) is 0 Å². The van der Waals surface area contributed by atoms with Crippen LogP contribution >= 0.6 is 15.9 Å². The van der Waals surface area contributed by atoms with Crippen molar-refractivity contribution in [2.45, 2.75) is 19.9 Å². The smallest absolute Gasteiger partial charge is 0.0739 e. The van der Waals surface area contributed by atoms with E-state index in [1.165, 1.54) is 5.69 Å². The Morgan fingerprint density at radius 2 is 2.19 bits per heavy atom. The maximum absolute atomic E-state index is 5.04. The number of aromatic nitrogens is 2. The van der Waals surface area contributed by atoms with Gasteiger partial charge < -0.3 is 9.64 Å². The number of rotatable bonds is 6. The summed E-state index contributed by atoms with van der Waals surface area (Å²) < 4.78 is 8.10. The molecule has 4 nitrogen and oxygen atoms in total. The first-order valence-corrected chi connectivity index (χ1v) is 6.21. The summed E-state index contributed by atoms with van der Waals surface area (Å²) in [4.78, 5) is 2.28.